The molecule has 3 N–H and O–H groups in total. The molecule has 1 atom stereocenters. The predicted octanol–water partition coefficient (Wildman–Crippen LogP) is 5.81. The monoisotopic (exact) mass is 461 g/mol. The maximum atomic E-state index is 13.5. The fourth-order valence-corrected chi connectivity index (χ4v) is 6.57. The number of anilines is 1. The molecule has 0 aliphatic heterocycles. The number of pyridine rings is 1. The topological polar surface area (TPSA) is 85.1 Å². The normalized spacial score (nSPS) is 15.5. The molecule has 7 heteroatoms. The van der Waals surface area contributed by atoms with E-state index in [2.05, 4.69) is 12.2 Å². The van der Waals surface area contributed by atoms with Crippen LogP contribution < -0.4 is 11.1 Å². The molecule has 1 aliphatic rings. The Balaban J connectivity index is 1.58. The molecule has 1 unspecified atom stereocenters. The van der Waals surface area contributed by atoms with Gasteiger partial charge in [0.1, 0.15) is 5.00 Å². The Morgan fingerprint density at radius 3 is 2.72 bits per heavy atom. The molecule has 0 bridgehead atoms. The van der Waals surface area contributed by atoms with Crippen molar-refractivity contribution in [3.05, 3.63) is 68.9 Å². The van der Waals surface area contributed by atoms with Gasteiger partial charge in [-0.05, 0) is 61.9 Å². The van der Waals surface area contributed by atoms with E-state index in [-0.39, 0.29) is 5.91 Å². The lowest BCUT2D eigenvalue weighted by atomic mass is 9.88. The number of aryl methyl sites for hydroxylation is 1. The van der Waals surface area contributed by atoms with Crippen LogP contribution in [0.25, 0.3) is 21.5 Å². The lowest BCUT2D eigenvalue weighted by Gasteiger charge is -2.18. The summed E-state index contributed by atoms with van der Waals surface area (Å²) in [6.07, 6.45) is 2.76. The Labute approximate surface area is 194 Å². The van der Waals surface area contributed by atoms with Gasteiger partial charge in [0.25, 0.3) is 11.8 Å². The second-order valence-electron chi connectivity index (χ2n) is 8.36. The number of nitrogens with two attached hydrogens (primary N) is 1. The zero-order valence-corrected chi connectivity index (χ0v) is 19.5. The molecule has 32 heavy (non-hydrogen) atoms. The van der Waals surface area contributed by atoms with Crippen molar-refractivity contribution in [1.82, 2.24) is 4.98 Å². The number of hydrogen-bond acceptors (Lipinski definition) is 5. The van der Waals surface area contributed by atoms with E-state index in [1.807, 2.05) is 49.4 Å². The molecule has 0 radical (unpaired) electrons. The molecule has 3 heterocycles. The average Bonchev–Trinajstić information content (AvgIpc) is 3.35. The van der Waals surface area contributed by atoms with Gasteiger partial charge in [0.15, 0.2) is 0 Å². The largest absolute Gasteiger partial charge is 0.365 e. The van der Waals surface area contributed by atoms with Gasteiger partial charge in [-0.1, -0.05) is 25.1 Å². The van der Waals surface area contributed by atoms with Crippen molar-refractivity contribution >= 4 is 50.4 Å². The molecule has 0 fully saturated rings. The third-order valence-corrected chi connectivity index (χ3v) is 8.13. The van der Waals surface area contributed by atoms with Crippen LogP contribution in [0.4, 0.5) is 5.00 Å². The van der Waals surface area contributed by atoms with Crippen LogP contribution in [0, 0.1) is 12.8 Å². The van der Waals surface area contributed by atoms with Crippen molar-refractivity contribution in [2.45, 2.75) is 33.1 Å². The van der Waals surface area contributed by atoms with E-state index >= 15 is 0 Å². The maximum Gasteiger partial charge on any atom is 0.257 e. The van der Waals surface area contributed by atoms with Crippen LogP contribution in [0.1, 0.15) is 49.4 Å². The summed E-state index contributed by atoms with van der Waals surface area (Å²) in [4.78, 5) is 33.9. The molecule has 2 amide bonds. The number of para-hydroxylation sites is 1. The summed E-state index contributed by atoms with van der Waals surface area (Å²) < 4.78 is 0. The lowest BCUT2D eigenvalue weighted by molar-refractivity contribution is 0.1000. The highest BCUT2D eigenvalue weighted by molar-refractivity contribution is 7.17. The van der Waals surface area contributed by atoms with E-state index in [9.17, 15) is 9.59 Å². The minimum atomic E-state index is -0.485. The summed E-state index contributed by atoms with van der Waals surface area (Å²) in [6.45, 7) is 4.26. The van der Waals surface area contributed by atoms with Crippen molar-refractivity contribution in [2.75, 3.05) is 5.32 Å². The predicted molar refractivity (Wildman–Crippen MR) is 132 cm³/mol. The molecule has 1 aliphatic carbocycles. The first kappa shape index (κ1) is 20.8. The summed E-state index contributed by atoms with van der Waals surface area (Å²) in [5.74, 6) is -0.180. The van der Waals surface area contributed by atoms with Crippen LogP contribution in [0.2, 0.25) is 0 Å². The van der Waals surface area contributed by atoms with Gasteiger partial charge < -0.3 is 11.1 Å². The second-order valence-corrected chi connectivity index (χ2v) is 10.7. The number of primary amides is 1. The van der Waals surface area contributed by atoms with Crippen LogP contribution in [-0.4, -0.2) is 16.8 Å². The number of nitrogens with zero attached hydrogens (tertiary/aromatic N) is 1. The van der Waals surface area contributed by atoms with Gasteiger partial charge in [-0.15, -0.1) is 22.7 Å². The Morgan fingerprint density at radius 1 is 1.16 bits per heavy atom. The van der Waals surface area contributed by atoms with Crippen LogP contribution in [-0.2, 0) is 12.8 Å². The zero-order chi connectivity index (χ0) is 22.4. The number of rotatable bonds is 4. The molecule has 0 saturated carbocycles. The number of nitrogens with one attached hydrogen (secondary N) is 1. The number of carbonyl (C=O) groups is 2. The quantitative estimate of drug-likeness (QED) is 0.402. The molecular weight excluding hydrogens is 438 g/mol. The van der Waals surface area contributed by atoms with E-state index in [1.54, 1.807) is 11.3 Å². The van der Waals surface area contributed by atoms with E-state index in [4.69, 9.17) is 10.7 Å². The van der Waals surface area contributed by atoms with Crippen molar-refractivity contribution in [2.24, 2.45) is 11.7 Å². The van der Waals surface area contributed by atoms with Gasteiger partial charge in [0, 0.05) is 15.1 Å². The molecule has 0 spiro atoms. The van der Waals surface area contributed by atoms with Gasteiger partial charge in [-0.2, -0.15) is 0 Å². The first-order valence-electron chi connectivity index (χ1n) is 10.6. The molecule has 5 rings (SSSR count). The van der Waals surface area contributed by atoms with Crippen molar-refractivity contribution < 1.29 is 9.59 Å². The number of benzene rings is 1. The smallest absolute Gasteiger partial charge is 0.257 e. The van der Waals surface area contributed by atoms with E-state index < -0.39 is 5.91 Å². The number of fused-ring (bicyclic) bond motifs is 2. The van der Waals surface area contributed by atoms with Gasteiger partial charge in [0.05, 0.1) is 27.2 Å². The van der Waals surface area contributed by atoms with E-state index in [0.29, 0.717) is 22.0 Å². The molecule has 0 saturated heterocycles. The van der Waals surface area contributed by atoms with Crippen LogP contribution in [0.5, 0.6) is 0 Å². The van der Waals surface area contributed by atoms with Crippen LogP contribution in [0.15, 0.2) is 42.5 Å². The summed E-state index contributed by atoms with van der Waals surface area (Å²) in [7, 11) is 0. The zero-order valence-electron chi connectivity index (χ0n) is 17.9. The minimum absolute atomic E-state index is 0.257. The lowest BCUT2D eigenvalue weighted by Crippen LogP contribution is -2.19. The second kappa shape index (κ2) is 8.15. The van der Waals surface area contributed by atoms with Gasteiger partial charge in [0.2, 0.25) is 0 Å². The highest BCUT2D eigenvalue weighted by Crippen LogP contribution is 2.40. The Bertz CT molecular complexity index is 1370. The Hall–Kier alpha value is -3.03. The van der Waals surface area contributed by atoms with E-state index in [0.717, 1.165) is 51.2 Å². The average molecular weight is 462 g/mol. The van der Waals surface area contributed by atoms with Gasteiger partial charge in [-0.25, -0.2) is 4.98 Å². The fraction of sp³-hybridized carbons (Fsp3) is 0.240. The fourth-order valence-electron chi connectivity index (χ4n) is 4.33. The number of amides is 2. The summed E-state index contributed by atoms with van der Waals surface area (Å²) in [5.41, 5.74) is 9.27. The van der Waals surface area contributed by atoms with Crippen molar-refractivity contribution in [3.8, 4) is 10.6 Å². The third kappa shape index (κ3) is 3.72. The van der Waals surface area contributed by atoms with Crippen molar-refractivity contribution in [1.29, 1.82) is 0 Å². The Kier molecular flexibility index (Phi) is 5.31. The molecule has 1 aromatic carbocycles. The molecule has 5 nitrogen and oxygen atoms in total. The number of thiophene rings is 2. The Morgan fingerprint density at radius 2 is 1.97 bits per heavy atom. The standard InChI is InChI=1S/C25H23N3O2S2/c1-13-7-9-16-21(11-13)32-25(22(16)23(26)29)28-24(30)17-12-19(20-10-8-14(2)31-20)27-18-6-4-3-5-15(17)18/h3-6,8,10,12-13H,7,9,11H2,1-2H3,(H2,26,29)(H,28,30). The molecular formula is C25H23N3O2S2. The number of aromatic nitrogens is 1. The highest BCUT2D eigenvalue weighted by Gasteiger charge is 2.28. The summed E-state index contributed by atoms with van der Waals surface area (Å²) in [6, 6.07) is 13.5. The van der Waals surface area contributed by atoms with Crippen LogP contribution >= 0.6 is 22.7 Å². The van der Waals surface area contributed by atoms with Crippen LogP contribution in [0.3, 0.4) is 0 Å². The first-order chi connectivity index (χ1) is 15.4. The van der Waals surface area contributed by atoms with E-state index in [1.165, 1.54) is 16.2 Å². The molecule has 4 aromatic rings. The summed E-state index contributed by atoms with van der Waals surface area (Å²) >= 11 is 3.13. The minimum Gasteiger partial charge on any atom is -0.365 e. The number of carbonyl (C=O) groups excluding carboxylic acids is 2. The SMILES string of the molecule is Cc1ccc(-c2cc(C(=O)Nc3sc4c(c3C(N)=O)CCC(C)C4)c3ccccc3n2)s1. The number of hydrogen-bond donors (Lipinski definition) is 2. The van der Waals surface area contributed by atoms with Gasteiger partial charge >= 0.3 is 0 Å². The summed E-state index contributed by atoms with van der Waals surface area (Å²) in [5, 5.41) is 4.34. The molecule has 162 valence electrons. The third-order valence-electron chi connectivity index (χ3n) is 5.94. The maximum absolute atomic E-state index is 13.5. The first-order valence-corrected chi connectivity index (χ1v) is 12.3. The van der Waals surface area contributed by atoms with Gasteiger partial charge in [-0.3, -0.25) is 9.59 Å². The van der Waals surface area contributed by atoms with Crippen molar-refractivity contribution in [3.63, 3.8) is 0 Å². The highest BCUT2D eigenvalue weighted by atomic mass is 32.1. The molecule has 3 aromatic heterocycles.